The van der Waals surface area contributed by atoms with Crippen molar-refractivity contribution in [2.24, 2.45) is 5.92 Å². The first-order valence-corrected chi connectivity index (χ1v) is 6.76. The molecule has 1 amide bonds. The van der Waals surface area contributed by atoms with E-state index in [2.05, 4.69) is 36.1 Å². The molecule has 2 aliphatic heterocycles. The quantitative estimate of drug-likeness (QED) is 0.764. The largest absolute Gasteiger partial charge is 0.341 e. The van der Waals surface area contributed by atoms with Crippen LogP contribution in [0.4, 0.5) is 0 Å². The molecule has 2 heterocycles. The van der Waals surface area contributed by atoms with Crippen LogP contribution < -0.4 is 5.32 Å². The molecule has 0 radical (unpaired) electrons. The lowest BCUT2D eigenvalue weighted by Gasteiger charge is -2.30. The maximum absolute atomic E-state index is 12.4. The SMILES string of the molecule is CC1CC(C(=O)N2CCC(N(C)C)C2)CCN1. The Morgan fingerprint density at radius 2 is 2.12 bits per heavy atom. The summed E-state index contributed by atoms with van der Waals surface area (Å²) in [6.45, 7) is 5.03. The molecule has 0 aromatic rings. The van der Waals surface area contributed by atoms with Crippen LogP contribution in [0.15, 0.2) is 0 Å². The van der Waals surface area contributed by atoms with Gasteiger partial charge in [0.2, 0.25) is 5.91 Å². The van der Waals surface area contributed by atoms with Crippen molar-refractivity contribution in [1.29, 1.82) is 0 Å². The van der Waals surface area contributed by atoms with E-state index in [-0.39, 0.29) is 5.92 Å². The van der Waals surface area contributed by atoms with E-state index >= 15 is 0 Å². The molecule has 2 saturated heterocycles. The van der Waals surface area contributed by atoms with Crippen molar-refractivity contribution in [3.05, 3.63) is 0 Å². The van der Waals surface area contributed by atoms with Crippen LogP contribution >= 0.6 is 0 Å². The second-order valence-electron chi connectivity index (χ2n) is 5.77. The van der Waals surface area contributed by atoms with Crippen molar-refractivity contribution in [2.75, 3.05) is 33.7 Å². The highest BCUT2D eigenvalue weighted by Crippen LogP contribution is 2.22. The van der Waals surface area contributed by atoms with Crippen molar-refractivity contribution in [3.63, 3.8) is 0 Å². The van der Waals surface area contributed by atoms with Gasteiger partial charge >= 0.3 is 0 Å². The molecule has 4 heteroatoms. The fourth-order valence-electron chi connectivity index (χ4n) is 2.98. The molecular weight excluding hydrogens is 214 g/mol. The first kappa shape index (κ1) is 12.8. The van der Waals surface area contributed by atoms with E-state index in [9.17, 15) is 4.79 Å². The third-order valence-corrected chi connectivity index (χ3v) is 4.18. The number of nitrogens with zero attached hydrogens (tertiary/aromatic N) is 2. The van der Waals surface area contributed by atoms with E-state index in [4.69, 9.17) is 0 Å². The number of likely N-dealkylation sites (N-methyl/N-ethyl adjacent to an activating group) is 1. The molecule has 2 rings (SSSR count). The molecule has 0 spiro atoms. The van der Waals surface area contributed by atoms with Crippen LogP contribution in [0.2, 0.25) is 0 Å². The zero-order valence-corrected chi connectivity index (χ0v) is 11.3. The summed E-state index contributed by atoms with van der Waals surface area (Å²) in [4.78, 5) is 16.7. The number of nitrogens with one attached hydrogen (secondary N) is 1. The van der Waals surface area contributed by atoms with Crippen molar-refractivity contribution in [2.45, 2.75) is 38.3 Å². The molecule has 17 heavy (non-hydrogen) atoms. The zero-order chi connectivity index (χ0) is 12.4. The first-order chi connectivity index (χ1) is 8.08. The molecule has 0 bridgehead atoms. The molecule has 0 aliphatic carbocycles. The molecule has 1 N–H and O–H groups in total. The number of likely N-dealkylation sites (tertiary alicyclic amines) is 1. The van der Waals surface area contributed by atoms with Gasteiger partial charge < -0.3 is 15.1 Å². The Morgan fingerprint density at radius 3 is 2.71 bits per heavy atom. The smallest absolute Gasteiger partial charge is 0.225 e. The average molecular weight is 239 g/mol. The van der Waals surface area contributed by atoms with E-state index in [0.29, 0.717) is 18.0 Å². The minimum absolute atomic E-state index is 0.257. The van der Waals surface area contributed by atoms with Crippen LogP contribution in [-0.4, -0.2) is 61.5 Å². The zero-order valence-electron chi connectivity index (χ0n) is 11.3. The molecule has 98 valence electrons. The summed E-state index contributed by atoms with van der Waals surface area (Å²) in [5.41, 5.74) is 0. The van der Waals surface area contributed by atoms with Gasteiger partial charge in [-0.05, 0) is 46.8 Å². The van der Waals surface area contributed by atoms with Gasteiger partial charge in [-0.1, -0.05) is 0 Å². The van der Waals surface area contributed by atoms with Gasteiger partial charge in [0.05, 0.1) is 0 Å². The van der Waals surface area contributed by atoms with E-state index in [1.54, 1.807) is 0 Å². The fraction of sp³-hybridized carbons (Fsp3) is 0.923. The molecule has 0 saturated carbocycles. The third-order valence-electron chi connectivity index (χ3n) is 4.18. The van der Waals surface area contributed by atoms with Gasteiger partial charge in [-0.25, -0.2) is 0 Å². The molecule has 3 unspecified atom stereocenters. The minimum Gasteiger partial charge on any atom is -0.341 e. The van der Waals surface area contributed by atoms with Crippen molar-refractivity contribution in [3.8, 4) is 0 Å². The number of hydrogen-bond acceptors (Lipinski definition) is 3. The number of carbonyl (C=O) groups is 1. The van der Waals surface area contributed by atoms with Crippen molar-refractivity contribution < 1.29 is 4.79 Å². The average Bonchev–Trinajstić information content (AvgIpc) is 2.77. The molecule has 2 fully saturated rings. The number of hydrogen-bond donors (Lipinski definition) is 1. The topological polar surface area (TPSA) is 35.6 Å². The second-order valence-corrected chi connectivity index (χ2v) is 5.77. The molecule has 2 aliphatic rings. The third kappa shape index (κ3) is 2.99. The van der Waals surface area contributed by atoms with Gasteiger partial charge in [-0.3, -0.25) is 4.79 Å². The Kier molecular flexibility index (Phi) is 4.05. The van der Waals surface area contributed by atoms with E-state index < -0.39 is 0 Å². The predicted octanol–water partition coefficient (Wildman–Crippen LogP) is 0.537. The van der Waals surface area contributed by atoms with Crippen LogP contribution in [-0.2, 0) is 4.79 Å². The summed E-state index contributed by atoms with van der Waals surface area (Å²) in [5.74, 6) is 0.648. The number of piperidine rings is 1. The highest BCUT2D eigenvalue weighted by Gasteiger charge is 2.33. The van der Waals surface area contributed by atoms with Crippen LogP contribution in [0.5, 0.6) is 0 Å². The van der Waals surface area contributed by atoms with Crippen LogP contribution in [0.25, 0.3) is 0 Å². The monoisotopic (exact) mass is 239 g/mol. The van der Waals surface area contributed by atoms with Gasteiger partial charge in [0.15, 0.2) is 0 Å². The molecule has 3 atom stereocenters. The Bertz CT molecular complexity index is 280. The summed E-state index contributed by atoms with van der Waals surface area (Å²) < 4.78 is 0. The molecule has 4 nitrogen and oxygen atoms in total. The van der Waals surface area contributed by atoms with Crippen LogP contribution in [0.3, 0.4) is 0 Å². The highest BCUT2D eigenvalue weighted by atomic mass is 16.2. The van der Waals surface area contributed by atoms with Gasteiger partial charge in [-0.15, -0.1) is 0 Å². The Morgan fingerprint density at radius 1 is 1.35 bits per heavy atom. The van der Waals surface area contributed by atoms with Gasteiger partial charge in [0.1, 0.15) is 0 Å². The maximum Gasteiger partial charge on any atom is 0.225 e. The number of rotatable bonds is 2. The maximum atomic E-state index is 12.4. The van der Waals surface area contributed by atoms with Crippen LogP contribution in [0, 0.1) is 5.92 Å². The Balaban J connectivity index is 1.88. The Labute approximate surface area is 104 Å². The molecular formula is C13H25N3O. The lowest BCUT2D eigenvalue weighted by molar-refractivity contribution is -0.135. The number of amides is 1. The predicted molar refractivity (Wildman–Crippen MR) is 68.9 cm³/mol. The highest BCUT2D eigenvalue weighted by molar-refractivity contribution is 5.79. The lowest BCUT2D eigenvalue weighted by Crippen LogP contribution is -2.44. The normalized spacial score (nSPS) is 34.4. The van der Waals surface area contributed by atoms with E-state index in [1.165, 1.54) is 0 Å². The first-order valence-electron chi connectivity index (χ1n) is 6.76. The number of carbonyl (C=O) groups excluding carboxylic acids is 1. The van der Waals surface area contributed by atoms with Crippen molar-refractivity contribution in [1.82, 2.24) is 15.1 Å². The minimum atomic E-state index is 0.257. The van der Waals surface area contributed by atoms with Gasteiger partial charge in [-0.2, -0.15) is 0 Å². The fourth-order valence-corrected chi connectivity index (χ4v) is 2.98. The standard InChI is InChI=1S/C13H25N3O/c1-10-8-11(4-6-14-10)13(17)16-7-5-12(9-16)15(2)3/h10-12,14H,4-9H2,1-3H3. The van der Waals surface area contributed by atoms with E-state index in [0.717, 1.165) is 38.9 Å². The Hall–Kier alpha value is -0.610. The summed E-state index contributed by atoms with van der Waals surface area (Å²) >= 11 is 0. The van der Waals surface area contributed by atoms with Gasteiger partial charge in [0, 0.05) is 31.1 Å². The lowest BCUT2D eigenvalue weighted by atomic mass is 9.92. The van der Waals surface area contributed by atoms with Gasteiger partial charge in [0.25, 0.3) is 0 Å². The molecule has 0 aromatic carbocycles. The summed E-state index contributed by atoms with van der Waals surface area (Å²) in [6.07, 6.45) is 3.13. The molecule has 0 aromatic heterocycles. The summed E-state index contributed by atoms with van der Waals surface area (Å²) in [5, 5.41) is 3.41. The van der Waals surface area contributed by atoms with E-state index in [1.807, 2.05) is 0 Å². The van der Waals surface area contributed by atoms with Crippen molar-refractivity contribution >= 4 is 5.91 Å². The summed E-state index contributed by atoms with van der Waals surface area (Å²) in [7, 11) is 4.20. The second kappa shape index (κ2) is 5.36. The van der Waals surface area contributed by atoms with Crippen LogP contribution in [0.1, 0.15) is 26.2 Å². The summed E-state index contributed by atoms with van der Waals surface area (Å²) in [6, 6.07) is 1.04.